The van der Waals surface area contributed by atoms with Gasteiger partial charge in [-0.15, -0.1) is 12.4 Å². The van der Waals surface area contributed by atoms with E-state index in [4.69, 9.17) is 47.9 Å². The van der Waals surface area contributed by atoms with E-state index in [1.807, 2.05) is 42.5 Å². The van der Waals surface area contributed by atoms with Gasteiger partial charge >= 0.3 is 6.09 Å². The summed E-state index contributed by atoms with van der Waals surface area (Å²) in [5, 5.41) is 0.625. The molecule has 0 aliphatic carbocycles. The first kappa shape index (κ1) is 43.1. The smallest absolute Gasteiger partial charge is 0.415 e. The lowest BCUT2D eigenvalue weighted by molar-refractivity contribution is -0.125. The van der Waals surface area contributed by atoms with E-state index in [2.05, 4.69) is 4.90 Å². The zero-order valence-corrected chi connectivity index (χ0v) is 33.9. The number of para-hydroxylation sites is 1. The Morgan fingerprint density at radius 2 is 1.40 bits per heavy atom. The summed E-state index contributed by atoms with van der Waals surface area (Å²) in [6, 6.07) is 26.8. The van der Waals surface area contributed by atoms with Gasteiger partial charge in [0.05, 0.1) is 42.3 Å². The van der Waals surface area contributed by atoms with Crippen LogP contribution in [0.25, 0.3) is 0 Å². The Hall–Kier alpha value is -4.68. The van der Waals surface area contributed by atoms with Gasteiger partial charge in [-0.25, -0.2) is 4.79 Å². The van der Waals surface area contributed by atoms with Crippen molar-refractivity contribution in [2.45, 2.75) is 30.2 Å². The number of piperidine rings is 1. The fraction of sp³-hybridized carbons (Fsp3) is 0.341. The number of methoxy groups -OCH3 is 3. The number of rotatable bonds is 14. The summed E-state index contributed by atoms with van der Waals surface area (Å²) in [5.74, 6) is 0.631. The summed E-state index contributed by atoms with van der Waals surface area (Å²) in [6.45, 7) is 1.66. The first-order chi connectivity index (χ1) is 25.9. The summed E-state index contributed by atoms with van der Waals surface area (Å²) in [4.78, 5) is 46.7. The number of nitrogens with two attached hydrogens (primary N) is 1. The summed E-state index contributed by atoms with van der Waals surface area (Å²) in [6.07, 6.45) is 0.749. The van der Waals surface area contributed by atoms with Crippen molar-refractivity contribution in [2.75, 3.05) is 61.6 Å². The Balaban J connectivity index is 0.00000673. The molecule has 11 nitrogen and oxygen atoms in total. The van der Waals surface area contributed by atoms with E-state index in [1.165, 1.54) is 26.2 Å². The van der Waals surface area contributed by atoms with E-state index < -0.39 is 17.0 Å². The minimum atomic E-state index is -1.21. The lowest BCUT2D eigenvalue weighted by atomic mass is 9.72. The SMILES string of the molecule is COc1cc(C(=O)N(C)CC(CCN2CCC(C(N)=O)(c3ccccc3)CC2)(c2ccc(Cl)c(Cl)c2)N(C)C(=O)Oc2ccccc2)cc(OC)c1OC.Cl. The number of carbonyl (C=O) groups is 3. The van der Waals surface area contributed by atoms with Crippen LogP contribution in [0.1, 0.15) is 40.7 Å². The highest BCUT2D eigenvalue weighted by Gasteiger charge is 2.45. The van der Waals surface area contributed by atoms with Crippen LogP contribution in [0, 0.1) is 0 Å². The van der Waals surface area contributed by atoms with Gasteiger partial charge in [0, 0.05) is 32.7 Å². The highest BCUT2D eigenvalue weighted by Crippen LogP contribution is 2.41. The van der Waals surface area contributed by atoms with E-state index >= 15 is 0 Å². The van der Waals surface area contributed by atoms with Gasteiger partial charge in [0.25, 0.3) is 5.91 Å². The molecule has 55 heavy (non-hydrogen) atoms. The number of benzene rings is 4. The first-order valence-corrected chi connectivity index (χ1v) is 18.2. The van der Waals surface area contributed by atoms with Gasteiger partial charge in [0.15, 0.2) is 11.5 Å². The molecule has 1 aliphatic heterocycles. The molecular weight excluding hydrogens is 767 g/mol. The Bertz CT molecular complexity index is 1920. The maximum atomic E-state index is 14.3. The normalized spacial score (nSPS) is 14.7. The van der Waals surface area contributed by atoms with E-state index in [1.54, 1.807) is 67.5 Å². The van der Waals surface area contributed by atoms with Gasteiger partial charge in [-0.1, -0.05) is 77.8 Å². The van der Waals surface area contributed by atoms with Crippen molar-refractivity contribution in [1.29, 1.82) is 0 Å². The maximum Gasteiger partial charge on any atom is 0.415 e. The molecule has 1 fully saturated rings. The topological polar surface area (TPSA) is 124 Å². The van der Waals surface area contributed by atoms with Crippen molar-refractivity contribution in [2.24, 2.45) is 5.73 Å². The summed E-state index contributed by atoms with van der Waals surface area (Å²) in [7, 11) is 7.75. The van der Waals surface area contributed by atoms with Gasteiger partial charge in [0.2, 0.25) is 11.7 Å². The molecule has 2 N–H and O–H groups in total. The van der Waals surface area contributed by atoms with Crippen LogP contribution < -0.4 is 24.7 Å². The molecule has 1 saturated heterocycles. The second-order valence-electron chi connectivity index (χ2n) is 13.4. The number of carbonyl (C=O) groups excluding carboxylic acids is 3. The van der Waals surface area contributed by atoms with Gasteiger partial charge in [0.1, 0.15) is 5.75 Å². The summed E-state index contributed by atoms with van der Waals surface area (Å²) >= 11 is 13.1. The van der Waals surface area contributed by atoms with E-state index in [0.717, 1.165) is 5.56 Å². The molecular formula is C41H47Cl3N4O7. The van der Waals surface area contributed by atoms with Crippen LogP contribution in [0.15, 0.2) is 91.0 Å². The van der Waals surface area contributed by atoms with Gasteiger partial charge in [-0.2, -0.15) is 0 Å². The van der Waals surface area contributed by atoms with E-state index in [9.17, 15) is 14.4 Å². The molecule has 4 aromatic carbocycles. The Kier molecular flexibility index (Phi) is 14.7. The summed E-state index contributed by atoms with van der Waals surface area (Å²) in [5.41, 5.74) is 5.87. The number of halogens is 3. The van der Waals surface area contributed by atoms with Crippen LogP contribution >= 0.6 is 35.6 Å². The minimum Gasteiger partial charge on any atom is -0.493 e. The fourth-order valence-corrected chi connectivity index (χ4v) is 7.52. The average molecular weight is 814 g/mol. The van der Waals surface area contributed by atoms with Gasteiger partial charge < -0.3 is 34.5 Å². The minimum absolute atomic E-state index is 0. The molecule has 0 aromatic heterocycles. The van der Waals surface area contributed by atoms with Crippen molar-refractivity contribution < 1.29 is 33.3 Å². The predicted molar refractivity (Wildman–Crippen MR) is 216 cm³/mol. The van der Waals surface area contributed by atoms with Crippen LogP contribution in [0.4, 0.5) is 4.79 Å². The van der Waals surface area contributed by atoms with E-state index in [-0.39, 0.29) is 41.4 Å². The predicted octanol–water partition coefficient (Wildman–Crippen LogP) is 7.45. The number of ether oxygens (including phenoxy) is 4. The lowest BCUT2D eigenvalue weighted by Gasteiger charge is -2.46. The molecule has 0 spiro atoms. The van der Waals surface area contributed by atoms with Crippen molar-refractivity contribution in [3.63, 3.8) is 0 Å². The third-order valence-corrected chi connectivity index (χ3v) is 11.2. The van der Waals surface area contributed by atoms with Gasteiger partial charge in [-0.3, -0.25) is 14.5 Å². The largest absolute Gasteiger partial charge is 0.493 e. The Labute approximate surface area is 338 Å². The molecule has 14 heteroatoms. The number of primary amides is 1. The zero-order valence-electron chi connectivity index (χ0n) is 31.6. The van der Waals surface area contributed by atoms with Crippen molar-refractivity contribution >= 4 is 53.5 Å². The molecule has 294 valence electrons. The zero-order chi connectivity index (χ0) is 39.0. The number of likely N-dealkylation sites (N-methyl/N-ethyl adjacent to an activating group) is 2. The standard InChI is InChI=1S/C41H46Cl2N4O7.ClH/c1-45(37(48)28-24-34(51-3)36(53-5)35(25-28)52-4)27-41(30-16-17-32(42)33(43)26-30,46(2)39(50)54-31-14-10-7-11-15-31)20-23-47-21-18-40(19-22-47,38(44)49)29-12-8-6-9-13-29;/h6-17,24-26H,18-23,27H2,1-5H3,(H2,44,49);1H. The van der Waals surface area contributed by atoms with Gasteiger partial charge in [-0.05, 0) is 79.9 Å². The highest BCUT2D eigenvalue weighted by molar-refractivity contribution is 6.42. The summed E-state index contributed by atoms with van der Waals surface area (Å²) < 4.78 is 22.4. The second-order valence-corrected chi connectivity index (χ2v) is 14.2. The van der Waals surface area contributed by atoms with Crippen LogP contribution in [0.2, 0.25) is 10.0 Å². The van der Waals surface area contributed by atoms with Crippen LogP contribution in [0.3, 0.4) is 0 Å². The lowest BCUT2D eigenvalue weighted by Crippen LogP contribution is -2.57. The molecule has 3 amide bonds. The van der Waals surface area contributed by atoms with Crippen LogP contribution in [-0.2, 0) is 15.7 Å². The van der Waals surface area contributed by atoms with Crippen LogP contribution in [-0.4, -0.2) is 94.2 Å². The van der Waals surface area contributed by atoms with Crippen molar-refractivity contribution in [3.8, 4) is 23.0 Å². The number of hydrogen-bond acceptors (Lipinski definition) is 8. The molecule has 1 unspecified atom stereocenters. The van der Waals surface area contributed by atoms with Crippen molar-refractivity contribution in [3.05, 3.63) is 118 Å². The van der Waals surface area contributed by atoms with E-state index in [0.29, 0.717) is 72.5 Å². The quantitative estimate of drug-likeness (QED) is 0.139. The molecule has 1 aliphatic rings. The highest BCUT2D eigenvalue weighted by atomic mass is 35.5. The average Bonchev–Trinajstić information content (AvgIpc) is 3.20. The van der Waals surface area contributed by atoms with Crippen LogP contribution in [0.5, 0.6) is 23.0 Å². The number of likely N-dealkylation sites (tertiary alicyclic amines) is 1. The molecule has 0 radical (unpaired) electrons. The number of amides is 3. The first-order valence-electron chi connectivity index (χ1n) is 17.5. The molecule has 1 heterocycles. The number of nitrogens with zero attached hydrogens (tertiary/aromatic N) is 3. The molecule has 4 aromatic rings. The Morgan fingerprint density at radius 1 is 0.818 bits per heavy atom. The number of hydrogen-bond donors (Lipinski definition) is 1. The van der Waals surface area contributed by atoms with Crippen molar-refractivity contribution in [1.82, 2.24) is 14.7 Å². The third-order valence-electron chi connectivity index (χ3n) is 10.4. The molecule has 1 atom stereocenters. The monoisotopic (exact) mass is 812 g/mol. The second kappa shape index (κ2) is 18.8. The molecule has 0 bridgehead atoms. The third kappa shape index (κ3) is 9.24. The molecule has 5 rings (SSSR count). The Morgan fingerprint density at radius 3 is 1.93 bits per heavy atom. The maximum absolute atomic E-state index is 14.3. The fourth-order valence-electron chi connectivity index (χ4n) is 7.23. The molecule has 0 saturated carbocycles.